The van der Waals surface area contributed by atoms with Gasteiger partial charge in [0.1, 0.15) is 0 Å². The fourth-order valence-corrected chi connectivity index (χ4v) is 6.63. The van der Waals surface area contributed by atoms with Gasteiger partial charge in [0.05, 0.1) is 5.71 Å². The molecule has 4 aromatic rings. The fourth-order valence-electron chi connectivity index (χ4n) is 6.63. The van der Waals surface area contributed by atoms with E-state index >= 15 is 0 Å². The van der Waals surface area contributed by atoms with Crippen LogP contribution in [0.3, 0.4) is 0 Å². The average molecular weight is 615 g/mol. The molecule has 0 saturated heterocycles. The van der Waals surface area contributed by atoms with E-state index in [9.17, 15) is 4.79 Å². The summed E-state index contributed by atoms with van der Waals surface area (Å²) in [5.74, 6) is 0. The van der Waals surface area contributed by atoms with Crippen LogP contribution in [0.2, 0.25) is 0 Å². The zero-order valence-electron chi connectivity index (χ0n) is 28.6. The molecule has 0 aromatic carbocycles. The lowest BCUT2D eigenvalue weighted by Crippen LogP contribution is -2.15. The third-order valence-electron chi connectivity index (χ3n) is 9.51. The maximum absolute atomic E-state index is 10.7. The average Bonchev–Trinajstić information content (AvgIpc) is 3.77. The molecule has 46 heavy (non-hydrogen) atoms. The standard InChI is InChI=1S/C26H30N4.C13H16N2O/c1-15-7-17-9-19-13-26(5,6)24(30-19)12-22-16(2)8-18(28-22)10-20-14-25(3,4)23(29-20)11-21(15)27-17;1-9-4-5-14-11(9)6-12-13(2,3)7-10(8-16)15-12/h7-12,27-28H,13-14H2,1-6H3;4-6,8,14H,7H2,1-3H3/b;12-6-. The molecular weight excluding hydrogens is 568 g/mol. The van der Waals surface area contributed by atoms with Crippen molar-refractivity contribution in [2.45, 2.75) is 92.4 Å². The van der Waals surface area contributed by atoms with Gasteiger partial charge in [0.15, 0.2) is 6.29 Å². The van der Waals surface area contributed by atoms with E-state index in [0.29, 0.717) is 5.71 Å². The molecule has 0 unspecified atom stereocenters. The van der Waals surface area contributed by atoms with Crippen LogP contribution >= 0.6 is 0 Å². The number of nitrogens with zero attached hydrogens (tertiary/aromatic N) is 3. The number of hydrogen-bond acceptors (Lipinski definition) is 4. The summed E-state index contributed by atoms with van der Waals surface area (Å²) >= 11 is 0. The number of carbonyl (C=O) groups is 1. The molecule has 0 spiro atoms. The first-order chi connectivity index (χ1) is 21.6. The molecule has 0 saturated carbocycles. The predicted molar refractivity (Wildman–Crippen MR) is 189 cm³/mol. The van der Waals surface area contributed by atoms with Gasteiger partial charge in [-0.15, -0.1) is 0 Å². The van der Waals surface area contributed by atoms with Crippen molar-refractivity contribution in [3.8, 4) is 0 Å². The summed E-state index contributed by atoms with van der Waals surface area (Å²) in [6.07, 6.45) is 7.39. The van der Waals surface area contributed by atoms with Gasteiger partial charge in [-0.1, -0.05) is 41.5 Å². The fraction of sp³-hybridized carbons (Fsp3) is 0.385. The van der Waals surface area contributed by atoms with Gasteiger partial charge >= 0.3 is 0 Å². The number of fused-ring (bicyclic) bond motifs is 8. The molecule has 7 rings (SSSR count). The van der Waals surface area contributed by atoms with Crippen LogP contribution in [-0.2, 0) is 28.5 Å². The Balaban J connectivity index is 0.000000196. The van der Waals surface area contributed by atoms with Gasteiger partial charge in [-0.2, -0.15) is 0 Å². The molecule has 3 aliphatic rings. The highest BCUT2D eigenvalue weighted by Gasteiger charge is 2.32. The molecule has 0 aliphatic carbocycles. The summed E-state index contributed by atoms with van der Waals surface area (Å²) < 4.78 is 0. The summed E-state index contributed by atoms with van der Waals surface area (Å²) in [6, 6.07) is 15.3. The number of aliphatic imine (C=N–C) groups is 1. The highest BCUT2D eigenvalue weighted by atomic mass is 16.1. The Kier molecular flexibility index (Phi) is 7.78. The van der Waals surface area contributed by atoms with Crippen molar-refractivity contribution < 1.29 is 4.79 Å². The van der Waals surface area contributed by atoms with Crippen LogP contribution < -0.4 is 0 Å². The number of allylic oxidation sites excluding steroid dienone is 1. The van der Waals surface area contributed by atoms with Crippen molar-refractivity contribution in [2.75, 3.05) is 0 Å². The van der Waals surface area contributed by atoms with Gasteiger partial charge in [0.2, 0.25) is 0 Å². The summed E-state index contributed by atoms with van der Waals surface area (Å²) in [4.78, 5) is 35.5. The molecule has 0 atom stereocenters. The second-order valence-corrected chi connectivity index (χ2v) is 15.2. The Hall–Kier alpha value is -4.52. The van der Waals surface area contributed by atoms with E-state index in [1.165, 1.54) is 16.7 Å². The Morgan fingerprint density at radius 3 is 1.63 bits per heavy atom. The third kappa shape index (κ3) is 6.28. The van der Waals surface area contributed by atoms with Crippen molar-refractivity contribution in [2.24, 2.45) is 10.4 Å². The summed E-state index contributed by atoms with van der Waals surface area (Å²) in [5, 5.41) is 0. The number of rotatable bonds is 2. The summed E-state index contributed by atoms with van der Waals surface area (Å²) in [7, 11) is 0. The second-order valence-electron chi connectivity index (χ2n) is 15.2. The molecule has 238 valence electrons. The molecule has 7 nitrogen and oxygen atoms in total. The van der Waals surface area contributed by atoms with Crippen LogP contribution in [0.4, 0.5) is 0 Å². The lowest BCUT2D eigenvalue weighted by Gasteiger charge is -2.17. The number of hydrogen-bond donors (Lipinski definition) is 3. The van der Waals surface area contributed by atoms with Crippen LogP contribution in [0.25, 0.3) is 28.1 Å². The van der Waals surface area contributed by atoms with E-state index in [-0.39, 0.29) is 16.2 Å². The SMILES string of the molecule is Cc1cc2cc3nc(cc4[nH]c(cc5nc(cc1[nH]2)C(C)(C)C5)cc4C)C(C)(C)C3.Cc1cc[nH]c1/C=C1\N=C(C=O)CC1(C)C. The smallest absolute Gasteiger partial charge is 0.164 e. The van der Waals surface area contributed by atoms with Gasteiger partial charge in [0.25, 0.3) is 0 Å². The molecule has 3 N–H and O–H groups in total. The van der Waals surface area contributed by atoms with Gasteiger partial charge in [-0.05, 0) is 86.0 Å². The molecule has 7 heterocycles. The number of nitrogens with one attached hydrogen (secondary N) is 3. The first-order valence-electron chi connectivity index (χ1n) is 16.2. The summed E-state index contributed by atoms with van der Waals surface area (Å²) in [5.41, 5.74) is 15.3. The molecule has 3 aliphatic heterocycles. The first-order valence-corrected chi connectivity index (χ1v) is 16.2. The minimum Gasteiger partial charge on any atom is -0.361 e. The third-order valence-corrected chi connectivity index (χ3v) is 9.51. The van der Waals surface area contributed by atoms with Crippen molar-refractivity contribution >= 4 is 40.1 Å². The van der Waals surface area contributed by atoms with Crippen LogP contribution in [-0.4, -0.2) is 36.9 Å². The molecule has 4 aromatic heterocycles. The molecular formula is C39H46N6O. The largest absolute Gasteiger partial charge is 0.361 e. The minimum atomic E-state index is -0.0478. The highest BCUT2D eigenvalue weighted by molar-refractivity contribution is 6.29. The Bertz CT molecular complexity index is 1960. The van der Waals surface area contributed by atoms with E-state index in [2.05, 4.69) is 119 Å². The van der Waals surface area contributed by atoms with Gasteiger partial charge in [0, 0.05) is 97.9 Å². The topological polar surface area (TPSA) is 103 Å². The van der Waals surface area contributed by atoms with E-state index in [1.54, 1.807) is 0 Å². The number of aldehydes is 1. The quantitative estimate of drug-likeness (QED) is 0.197. The second kappa shape index (κ2) is 11.4. The number of aryl methyl sites for hydroxylation is 3. The van der Waals surface area contributed by atoms with Crippen LogP contribution in [0.5, 0.6) is 0 Å². The monoisotopic (exact) mass is 614 g/mol. The number of carbonyl (C=O) groups excluding carboxylic acids is 1. The molecule has 8 bridgehead atoms. The van der Waals surface area contributed by atoms with Gasteiger partial charge in [-0.25, -0.2) is 0 Å². The number of H-pyrrole nitrogens is 3. The molecule has 7 heteroatoms. The van der Waals surface area contributed by atoms with E-state index in [4.69, 9.17) is 9.97 Å². The predicted octanol–water partition coefficient (Wildman–Crippen LogP) is 8.71. The van der Waals surface area contributed by atoms with Crippen molar-refractivity contribution in [3.63, 3.8) is 0 Å². The van der Waals surface area contributed by atoms with E-state index in [0.717, 1.165) is 81.8 Å². The van der Waals surface area contributed by atoms with Gasteiger partial charge in [-0.3, -0.25) is 19.8 Å². The first kappa shape index (κ1) is 31.5. The molecule has 0 radical (unpaired) electrons. The lowest BCUT2D eigenvalue weighted by atomic mass is 9.86. The normalized spacial score (nSPS) is 18.6. The Labute approximate surface area is 271 Å². The zero-order chi connectivity index (χ0) is 33.0. The summed E-state index contributed by atoms with van der Waals surface area (Å²) in [6.45, 7) is 19.7. The Morgan fingerprint density at radius 2 is 1.20 bits per heavy atom. The van der Waals surface area contributed by atoms with E-state index < -0.39 is 0 Å². The van der Waals surface area contributed by atoms with Crippen molar-refractivity contribution in [1.29, 1.82) is 0 Å². The maximum Gasteiger partial charge on any atom is 0.164 e. The maximum atomic E-state index is 10.7. The molecule has 0 amide bonds. The number of aromatic nitrogens is 5. The Morgan fingerprint density at radius 1 is 0.674 bits per heavy atom. The minimum absolute atomic E-state index is 0.0147. The van der Waals surface area contributed by atoms with E-state index in [1.807, 2.05) is 18.3 Å². The van der Waals surface area contributed by atoms with Crippen molar-refractivity contribution in [3.05, 3.63) is 99.5 Å². The van der Waals surface area contributed by atoms with Crippen LogP contribution in [0.1, 0.15) is 93.1 Å². The number of aromatic amines is 3. The zero-order valence-corrected chi connectivity index (χ0v) is 28.6. The van der Waals surface area contributed by atoms with Crippen molar-refractivity contribution in [1.82, 2.24) is 24.9 Å². The van der Waals surface area contributed by atoms with Gasteiger partial charge < -0.3 is 15.0 Å². The molecule has 0 fully saturated rings. The highest BCUT2D eigenvalue weighted by Crippen LogP contribution is 2.38. The lowest BCUT2D eigenvalue weighted by molar-refractivity contribution is -0.102. The van der Waals surface area contributed by atoms with Crippen LogP contribution in [0.15, 0.2) is 59.4 Å². The van der Waals surface area contributed by atoms with Crippen LogP contribution in [0, 0.1) is 26.2 Å².